The van der Waals surface area contributed by atoms with Gasteiger partial charge in [-0.1, -0.05) is 44.7 Å². The molecule has 2 aliphatic rings. The highest BCUT2D eigenvalue weighted by molar-refractivity contribution is 9.11. The van der Waals surface area contributed by atoms with Crippen molar-refractivity contribution in [1.29, 1.82) is 0 Å². The van der Waals surface area contributed by atoms with Crippen LogP contribution in [0.25, 0.3) is 0 Å². The van der Waals surface area contributed by atoms with Gasteiger partial charge >= 0.3 is 0 Å². The standard InChI is InChI=1S/C16H22Br2N2O/c17-12-9-13(18)15(14(21)10-12)16(11-3-1-2-4-11)20-7-5-19-6-8-20/h9-11,16,19,21H,1-8H2/t16-/m0/s1. The van der Waals surface area contributed by atoms with Crippen molar-refractivity contribution in [3.63, 3.8) is 0 Å². The number of piperazine rings is 1. The molecule has 1 aliphatic heterocycles. The Kier molecular flexibility index (Phi) is 5.25. The zero-order chi connectivity index (χ0) is 14.8. The molecule has 1 aromatic carbocycles. The molecule has 1 heterocycles. The van der Waals surface area contributed by atoms with Gasteiger partial charge < -0.3 is 10.4 Å². The van der Waals surface area contributed by atoms with E-state index < -0.39 is 0 Å². The number of hydrogen-bond acceptors (Lipinski definition) is 3. The van der Waals surface area contributed by atoms with E-state index in [2.05, 4.69) is 48.1 Å². The van der Waals surface area contributed by atoms with Crippen molar-refractivity contribution in [2.24, 2.45) is 5.92 Å². The molecule has 1 aliphatic carbocycles. The monoisotopic (exact) mass is 416 g/mol. The summed E-state index contributed by atoms with van der Waals surface area (Å²) in [6.07, 6.45) is 5.19. The molecule has 0 aromatic heterocycles. The lowest BCUT2D eigenvalue weighted by Gasteiger charge is -2.39. The lowest BCUT2D eigenvalue weighted by atomic mass is 9.89. The topological polar surface area (TPSA) is 35.5 Å². The van der Waals surface area contributed by atoms with E-state index >= 15 is 0 Å². The van der Waals surface area contributed by atoms with Gasteiger partial charge in [0.05, 0.1) is 0 Å². The van der Waals surface area contributed by atoms with Crippen LogP contribution in [0.3, 0.4) is 0 Å². The van der Waals surface area contributed by atoms with Crippen LogP contribution in [0.5, 0.6) is 5.75 Å². The number of hydrogen-bond donors (Lipinski definition) is 2. The average Bonchev–Trinajstić information content (AvgIpc) is 2.97. The minimum atomic E-state index is 0.331. The molecule has 1 atom stereocenters. The molecule has 116 valence electrons. The second kappa shape index (κ2) is 6.99. The first kappa shape index (κ1) is 15.8. The fourth-order valence-corrected chi connectivity index (χ4v) is 5.25. The van der Waals surface area contributed by atoms with E-state index in [0.717, 1.165) is 40.7 Å². The highest BCUT2D eigenvalue weighted by Gasteiger charge is 2.34. The molecule has 1 saturated heterocycles. The molecule has 0 radical (unpaired) electrons. The van der Waals surface area contributed by atoms with Gasteiger partial charge in [0.25, 0.3) is 0 Å². The second-order valence-electron chi connectivity index (χ2n) is 6.10. The first-order valence-corrected chi connectivity index (χ1v) is 9.38. The van der Waals surface area contributed by atoms with Gasteiger partial charge in [0.15, 0.2) is 0 Å². The molecule has 5 heteroatoms. The second-order valence-corrected chi connectivity index (χ2v) is 7.87. The maximum absolute atomic E-state index is 10.5. The van der Waals surface area contributed by atoms with Crippen molar-refractivity contribution >= 4 is 31.9 Å². The molecule has 21 heavy (non-hydrogen) atoms. The molecule has 0 bridgehead atoms. The summed E-state index contributed by atoms with van der Waals surface area (Å²) in [5.74, 6) is 1.07. The van der Waals surface area contributed by atoms with E-state index in [-0.39, 0.29) is 0 Å². The SMILES string of the molecule is Oc1cc(Br)cc(Br)c1[C@H](C1CCCC1)N1CCNCC1. The summed E-state index contributed by atoms with van der Waals surface area (Å²) in [5.41, 5.74) is 1.08. The van der Waals surface area contributed by atoms with Crippen molar-refractivity contribution < 1.29 is 5.11 Å². The third-order valence-electron chi connectivity index (χ3n) is 4.76. The van der Waals surface area contributed by atoms with Crippen LogP contribution in [0.15, 0.2) is 21.1 Å². The summed E-state index contributed by atoms with van der Waals surface area (Å²) in [6, 6.07) is 4.21. The van der Waals surface area contributed by atoms with Crippen molar-refractivity contribution in [2.75, 3.05) is 26.2 Å². The average molecular weight is 418 g/mol. The van der Waals surface area contributed by atoms with E-state index in [4.69, 9.17) is 0 Å². The van der Waals surface area contributed by atoms with Crippen LogP contribution in [-0.4, -0.2) is 36.2 Å². The number of phenols is 1. The van der Waals surface area contributed by atoms with Gasteiger partial charge in [0.1, 0.15) is 5.75 Å². The molecular formula is C16H22Br2N2O. The molecule has 2 fully saturated rings. The van der Waals surface area contributed by atoms with E-state index in [1.807, 2.05) is 6.07 Å². The summed E-state index contributed by atoms with van der Waals surface area (Å²) >= 11 is 7.14. The van der Waals surface area contributed by atoms with Crippen molar-refractivity contribution in [3.8, 4) is 5.75 Å². The molecule has 3 rings (SSSR count). The van der Waals surface area contributed by atoms with E-state index in [1.165, 1.54) is 25.7 Å². The minimum absolute atomic E-state index is 0.331. The summed E-state index contributed by atoms with van der Waals surface area (Å²) in [4.78, 5) is 2.56. The number of halogens is 2. The third kappa shape index (κ3) is 3.46. The predicted octanol–water partition coefficient (Wildman–Crippen LogP) is 4.05. The third-order valence-corrected chi connectivity index (χ3v) is 5.87. The smallest absolute Gasteiger partial charge is 0.122 e. The number of nitrogens with zero attached hydrogens (tertiary/aromatic N) is 1. The Morgan fingerprint density at radius 2 is 1.81 bits per heavy atom. The van der Waals surface area contributed by atoms with Crippen molar-refractivity contribution in [1.82, 2.24) is 10.2 Å². The van der Waals surface area contributed by atoms with Gasteiger partial charge in [-0.3, -0.25) is 4.90 Å². The summed E-state index contributed by atoms with van der Waals surface area (Å²) < 4.78 is 1.94. The first-order chi connectivity index (χ1) is 10.2. The van der Waals surface area contributed by atoms with E-state index in [1.54, 1.807) is 0 Å². The summed E-state index contributed by atoms with van der Waals surface area (Å²) in [7, 11) is 0. The summed E-state index contributed by atoms with van der Waals surface area (Å²) in [6.45, 7) is 4.20. The Morgan fingerprint density at radius 1 is 1.14 bits per heavy atom. The molecule has 0 unspecified atom stereocenters. The van der Waals surface area contributed by atoms with Crippen LogP contribution in [0.2, 0.25) is 0 Å². The highest BCUT2D eigenvalue weighted by Crippen LogP contribution is 2.46. The van der Waals surface area contributed by atoms with Crippen molar-refractivity contribution in [3.05, 3.63) is 26.6 Å². The quantitative estimate of drug-likeness (QED) is 0.778. The maximum Gasteiger partial charge on any atom is 0.122 e. The lowest BCUT2D eigenvalue weighted by molar-refractivity contribution is 0.123. The number of rotatable bonds is 3. The van der Waals surface area contributed by atoms with Gasteiger partial charge in [-0.2, -0.15) is 0 Å². The highest BCUT2D eigenvalue weighted by atomic mass is 79.9. The fraction of sp³-hybridized carbons (Fsp3) is 0.625. The van der Waals surface area contributed by atoms with Crippen LogP contribution in [0.1, 0.15) is 37.3 Å². The number of benzene rings is 1. The fourth-order valence-electron chi connectivity index (χ4n) is 3.81. The first-order valence-electron chi connectivity index (χ1n) is 7.79. The number of aromatic hydroxyl groups is 1. The maximum atomic E-state index is 10.5. The number of nitrogens with one attached hydrogen (secondary N) is 1. The van der Waals surface area contributed by atoms with Gasteiger partial charge in [0.2, 0.25) is 0 Å². The predicted molar refractivity (Wildman–Crippen MR) is 92.6 cm³/mol. The molecule has 1 aromatic rings. The van der Waals surface area contributed by atoms with Crippen LogP contribution in [0, 0.1) is 5.92 Å². The zero-order valence-corrected chi connectivity index (χ0v) is 15.3. The van der Waals surface area contributed by atoms with Crippen molar-refractivity contribution in [2.45, 2.75) is 31.7 Å². The molecule has 0 spiro atoms. The molecule has 3 nitrogen and oxygen atoms in total. The number of phenolic OH excluding ortho intramolecular Hbond substituents is 1. The van der Waals surface area contributed by atoms with Gasteiger partial charge in [-0.25, -0.2) is 0 Å². The van der Waals surface area contributed by atoms with Crippen LogP contribution in [-0.2, 0) is 0 Å². The van der Waals surface area contributed by atoms with Gasteiger partial charge in [0, 0.05) is 46.7 Å². The van der Waals surface area contributed by atoms with E-state index in [0.29, 0.717) is 17.7 Å². The Bertz CT molecular complexity index is 474. The molecule has 0 amide bonds. The Labute approximate surface area is 143 Å². The zero-order valence-electron chi connectivity index (χ0n) is 12.1. The van der Waals surface area contributed by atoms with Gasteiger partial charge in [-0.05, 0) is 30.9 Å². The normalized spacial score (nSPS) is 22.6. The Hall–Kier alpha value is -0.100. The lowest BCUT2D eigenvalue weighted by Crippen LogP contribution is -2.46. The van der Waals surface area contributed by atoms with Gasteiger partial charge in [-0.15, -0.1) is 0 Å². The Balaban J connectivity index is 1.97. The van der Waals surface area contributed by atoms with E-state index in [9.17, 15) is 5.11 Å². The molecule has 1 saturated carbocycles. The largest absolute Gasteiger partial charge is 0.508 e. The summed E-state index contributed by atoms with van der Waals surface area (Å²) in [5, 5.41) is 14.0. The molecule has 2 N–H and O–H groups in total. The minimum Gasteiger partial charge on any atom is -0.508 e. The van der Waals surface area contributed by atoms with Crippen LogP contribution < -0.4 is 5.32 Å². The molecular weight excluding hydrogens is 396 g/mol. The van der Waals surface area contributed by atoms with Crippen LogP contribution in [0.4, 0.5) is 0 Å². The Morgan fingerprint density at radius 3 is 2.43 bits per heavy atom. The van der Waals surface area contributed by atoms with Crippen LogP contribution >= 0.6 is 31.9 Å².